The quantitative estimate of drug-likeness (QED) is 0.634. The van der Waals surface area contributed by atoms with E-state index in [0.29, 0.717) is 18.9 Å². The van der Waals surface area contributed by atoms with Crippen molar-refractivity contribution >= 4 is 11.9 Å². The first-order valence-corrected chi connectivity index (χ1v) is 11.2. The number of amidine groups is 1. The number of aliphatic hydroxyl groups excluding tert-OH is 1. The van der Waals surface area contributed by atoms with Crippen LogP contribution in [0.5, 0.6) is 5.75 Å². The summed E-state index contributed by atoms with van der Waals surface area (Å²) in [5, 5.41) is 12.6. The van der Waals surface area contributed by atoms with Crippen LogP contribution in [-0.4, -0.2) is 51.9 Å². The van der Waals surface area contributed by atoms with Crippen LogP contribution in [-0.2, 0) is 10.4 Å². The molecular formula is C26H27FN4O3. The summed E-state index contributed by atoms with van der Waals surface area (Å²) in [6, 6.07) is 12.2. The van der Waals surface area contributed by atoms with Crippen LogP contribution in [0.1, 0.15) is 30.2 Å². The molecule has 2 atom stereocenters. The first-order chi connectivity index (χ1) is 16.4. The number of fused-ring (bicyclic) bond motifs is 1. The predicted molar refractivity (Wildman–Crippen MR) is 127 cm³/mol. The average Bonchev–Trinajstić information content (AvgIpc) is 3.28. The van der Waals surface area contributed by atoms with E-state index in [9.17, 15) is 9.50 Å². The number of hydroxylamine groups is 2. The molecule has 2 unspecified atom stereocenters. The molecule has 8 heteroatoms. The van der Waals surface area contributed by atoms with Gasteiger partial charge in [-0.1, -0.05) is 18.2 Å². The van der Waals surface area contributed by atoms with Crippen LogP contribution < -0.4 is 4.74 Å². The van der Waals surface area contributed by atoms with E-state index < -0.39 is 11.6 Å². The molecule has 1 saturated heterocycles. The lowest BCUT2D eigenvalue weighted by molar-refractivity contribution is -0.205. The number of halogens is 1. The lowest BCUT2D eigenvalue weighted by atomic mass is 9.83. The van der Waals surface area contributed by atoms with Crippen molar-refractivity contribution in [2.24, 2.45) is 4.99 Å². The zero-order valence-corrected chi connectivity index (χ0v) is 19.4. The Labute approximate surface area is 197 Å². The molecule has 0 spiro atoms. The van der Waals surface area contributed by atoms with E-state index in [-0.39, 0.29) is 12.4 Å². The smallest absolute Gasteiger partial charge is 0.152 e. The first kappa shape index (κ1) is 22.3. The number of hydrogen-bond donors (Lipinski definition) is 1. The Bertz CT molecular complexity index is 1270. The zero-order valence-electron chi connectivity index (χ0n) is 19.4. The molecule has 0 bridgehead atoms. The number of aliphatic hydroxyl groups is 1. The third kappa shape index (κ3) is 3.78. The minimum atomic E-state index is -0.898. The topological polar surface area (TPSA) is 72.1 Å². The molecule has 2 aliphatic heterocycles. The molecule has 5 rings (SSSR count). The monoisotopic (exact) mass is 462 g/mol. The zero-order chi connectivity index (χ0) is 23.9. The normalized spacial score (nSPS) is 23.6. The van der Waals surface area contributed by atoms with Crippen LogP contribution in [0.25, 0.3) is 11.8 Å². The second-order valence-electron chi connectivity index (χ2n) is 8.74. The number of imidazole rings is 1. The molecule has 0 amide bonds. The lowest BCUT2D eigenvalue weighted by Crippen LogP contribution is -2.60. The maximum atomic E-state index is 13.6. The summed E-state index contributed by atoms with van der Waals surface area (Å²) in [5.74, 6) is 1.08. The van der Waals surface area contributed by atoms with Gasteiger partial charge in [0.2, 0.25) is 0 Å². The number of ether oxygens (including phenoxy) is 1. The molecule has 7 nitrogen and oxygen atoms in total. The molecule has 2 aliphatic rings. The molecule has 0 radical (unpaired) electrons. The number of aliphatic imine (C=N–C) groups is 1. The second-order valence-corrected chi connectivity index (χ2v) is 8.74. The summed E-state index contributed by atoms with van der Waals surface area (Å²) in [6.07, 6.45) is 5.65. The van der Waals surface area contributed by atoms with Crippen LogP contribution in [0, 0.1) is 12.7 Å². The largest absolute Gasteiger partial charge is 0.495 e. The van der Waals surface area contributed by atoms with Gasteiger partial charge in [0.05, 0.1) is 38.0 Å². The summed E-state index contributed by atoms with van der Waals surface area (Å²) in [4.78, 5) is 15.0. The van der Waals surface area contributed by atoms with Crippen LogP contribution in [0.2, 0.25) is 0 Å². The van der Waals surface area contributed by atoms with Crippen molar-refractivity contribution in [3.05, 3.63) is 83.2 Å². The second kappa shape index (κ2) is 8.70. The van der Waals surface area contributed by atoms with Crippen molar-refractivity contribution in [3.63, 3.8) is 0 Å². The molecule has 176 valence electrons. The SMILES string of the molecule is COc1cc(C=C2CCON3C2=NCC(O)C3(C)c2ccc(F)cc2)ccc1-n1cnc(C)c1. The van der Waals surface area contributed by atoms with E-state index in [2.05, 4.69) is 16.1 Å². The highest BCUT2D eigenvalue weighted by molar-refractivity contribution is 6.03. The van der Waals surface area contributed by atoms with E-state index in [1.807, 2.05) is 42.8 Å². The molecule has 1 fully saturated rings. The van der Waals surface area contributed by atoms with Crippen LogP contribution in [0.15, 0.2) is 65.6 Å². The highest BCUT2D eigenvalue weighted by Crippen LogP contribution is 2.39. The Morgan fingerprint density at radius 1 is 1.24 bits per heavy atom. The average molecular weight is 463 g/mol. The number of aromatic nitrogens is 2. The number of nitrogens with zero attached hydrogens (tertiary/aromatic N) is 4. The molecule has 0 saturated carbocycles. The van der Waals surface area contributed by atoms with Crippen molar-refractivity contribution in [2.75, 3.05) is 20.3 Å². The first-order valence-electron chi connectivity index (χ1n) is 11.2. The fourth-order valence-electron chi connectivity index (χ4n) is 4.54. The van der Waals surface area contributed by atoms with Gasteiger partial charge in [-0.15, -0.1) is 0 Å². The number of aryl methyl sites for hydroxylation is 1. The number of hydrogen-bond acceptors (Lipinski definition) is 6. The van der Waals surface area contributed by atoms with E-state index >= 15 is 0 Å². The van der Waals surface area contributed by atoms with Gasteiger partial charge in [-0.05, 0) is 60.9 Å². The standard InChI is InChI=1S/C26H27FN4O3/c1-17-15-30(16-29-17)22-9-4-18(13-23(22)33-3)12-19-10-11-34-31-25(19)28-14-24(32)26(31,2)20-5-7-21(27)8-6-20/h4-9,12-13,15-16,24,32H,10-11,14H2,1-3H3. The highest BCUT2D eigenvalue weighted by atomic mass is 19.1. The van der Waals surface area contributed by atoms with Gasteiger partial charge in [-0.3, -0.25) is 9.83 Å². The van der Waals surface area contributed by atoms with E-state index in [0.717, 1.165) is 33.8 Å². The van der Waals surface area contributed by atoms with Crippen molar-refractivity contribution in [1.82, 2.24) is 14.6 Å². The van der Waals surface area contributed by atoms with Gasteiger partial charge in [0, 0.05) is 12.6 Å². The Kier molecular flexibility index (Phi) is 5.71. The van der Waals surface area contributed by atoms with Crippen LogP contribution in [0.4, 0.5) is 4.39 Å². The molecule has 3 aromatic rings. The fourth-order valence-corrected chi connectivity index (χ4v) is 4.54. The lowest BCUT2D eigenvalue weighted by Gasteiger charge is -2.49. The number of rotatable bonds is 4. The molecule has 0 aliphatic carbocycles. The van der Waals surface area contributed by atoms with Crippen LogP contribution >= 0.6 is 0 Å². The Morgan fingerprint density at radius 2 is 2.03 bits per heavy atom. The van der Waals surface area contributed by atoms with Gasteiger partial charge >= 0.3 is 0 Å². The van der Waals surface area contributed by atoms with Gasteiger partial charge in [0.15, 0.2) is 5.84 Å². The maximum Gasteiger partial charge on any atom is 0.152 e. The molecular weight excluding hydrogens is 435 g/mol. The third-order valence-corrected chi connectivity index (χ3v) is 6.52. The molecule has 2 aromatic carbocycles. The van der Waals surface area contributed by atoms with Gasteiger partial charge in [0.1, 0.15) is 23.2 Å². The molecule has 34 heavy (non-hydrogen) atoms. The molecule has 1 N–H and O–H groups in total. The van der Waals surface area contributed by atoms with Crippen LogP contribution in [0.3, 0.4) is 0 Å². The summed E-state index contributed by atoms with van der Waals surface area (Å²) in [6.45, 7) is 4.51. The minimum absolute atomic E-state index is 0.225. The third-order valence-electron chi connectivity index (χ3n) is 6.52. The summed E-state index contributed by atoms with van der Waals surface area (Å²) < 4.78 is 21.1. The Hall–Kier alpha value is -3.49. The minimum Gasteiger partial charge on any atom is -0.495 e. The molecule has 3 heterocycles. The maximum absolute atomic E-state index is 13.6. The predicted octanol–water partition coefficient (Wildman–Crippen LogP) is 4.04. The number of methoxy groups -OCH3 is 1. The highest BCUT2D eigenvalue weighted by Gasteiger charge is 2.48. The van der Waals surface area contributed by atoms with Crippen molar-refractivity contribution < 1.29 is 19.1 Å². The van der Waals surface area contributed by atoms with E-state index in [4.69, 9.17) is 9.57 Å². The van der Waals surface area contributed by atoms with Gasteiger partial charge in [-0.25, -0.2) is 14.4 Å². The molecule has 1 aromatic heterocycles. The Morgan fingerprint density at radius 3 is 2.74 bits per heavy atom. The van der Waals surface area contributed by atoms with Crippen molar-refractivity contribution in [3.8, 4) is 11.4 Å². The van der Waals surface area contributed by atoms with Crippen molar-refractivity contribution in [2.45, 2.75) is 31.9 Å². The van der Waals surface area contributed by atoms with Gasteiger partial charge < -0.3 is 14.4 Å². The summed E-state index contributed by atoms with van der Waals surface area (Å²) >= 11 is 0. The Balaban J connectivity index is 1.50. The van der Waals surface area contributed by atoms with Gasteiger partial charge in [-0.2, -0.15) is 0 Å². The van der Waals surface area contributed by atoms with E-state index in [1.165, 1.54) is 12.1 Å². The summed E-state index contributed by atoms with van der Waals surface area (Å²) in [5.41, 5.74) is 3.66. The number of benzene rings is 2. The fraction of sp³-hybridized carbons (Fsp3) is 0.308. The van der Waals surface area contributed by atoms with Gasteiger partial charge in [0.25, 0.3) is 0 Å². The van der Waals surface area contributed by atoms with Crippen molar-refractivity contribution in [1.29, 1.82) is 0 Å². The van der Waals surface area contributed by atoms with E-state index in [1.54, 1.807) is 30.6 Å². The summed E-state index contributed by atoms with van der Waals surface area (Å²) in [7, 11) is 1.65.